The summed E-state index contributed by atoms with van der Waals surface area (Å²) in [5.41, 5.74) is 3.32. The van der Waals surface area contributed by atoms with E-state index in [2.05, 4.69) is 48.8 Å². The number of aryl methyl sites for hydroxylation is 2. The molecule has 1 unspecified atom stereocenters. The van der Waals surface area contributed by atoms with Crippen LogP contribution in [0.5, 0.6) is 5.75 Å². The molecular formula is C17H21NOS. The van der Waals surface area contributed by atoms with Gasteiger partial charge in [0.15, 0.2) is 0 Å². The molecule has 0 fully saturated rings. The van der Waals surface area contributed by atoms with E-state index < -0.39 is 0 Å². The Hall–Kier alpha value is -1.48. The van der Waals surface area contributed by atoms with Crippen LogP contribution in [0.4, 0.5) is 0 Å². The highest BCUT2D eigenvalue weighted by molar-refractivity contribution is 7.80. The second kappa shape index (κ2) is 7.34. The Balaban J connectivity index is 2.07. The summed E-state index contributed by atoms with van der Waals surface area (Å²) in [6.07, 6.45) is 0.883. The van der Waals surface area contributed by atoms with Crippen LogP contribution in [0.3, 0.4) is 0 Å². The predicted octanol–water partition coefficient (Wildman–Crippen LogP) is 4.04. The highest BCUT2D eigenvalue weighted by Gasteiger charge is 2.12. The Labute approximate surface area is 126 Å². The van der Waals surface area contributed by atoms with Crippen molar-refractivity contribution in [2.75, 3.05) is 12.4 Å². The standard InChI is InChI=1S/C17H21NOS/c1-3-16-17(10-9-13(2)18-16)19-11-15(12-20)14-7-5-4-6-8-14/h4-10,15,20H,3,11-12H2,1-2H3. The number of benzene rings is 1. The zero-order valence-electron chi connectivity index (χ0n) is 12.0. The van der Waals surface area contributed by atoms with E-state index in [1.165, 1.54) is 5.56 Å². The highest BCUT2D eigenvalue weighted by Crippen LogP contribution is 2.22. The second-order valence-corrected chi connectivity index (χ2v) is 5.22. The van der Waals surface area contributed by atoms with Gasteiger partial charge in [0.05, 0.1) is 12.3 Å². The van der Waals surface area contributed by atoms with Gasteiger partial charge in [-0.05, 0) is 31.0 Å². The molecule has 1 aromatic heterocycles. The Bertz CT molecular complexity index is 542. The van der Waals surface area contributed by atoms with E-state index in [9.17, 15) is 0 Å². The summed E-state index contributed by atoms with van der Waals surface area (Å²) in [6, 6.07) is 14.4. The maximum Gasteiger partial charge on any atom is 0.140 e. The van der Waals surface area contributed by atoms with E-state index in [4.69, 9.17) is 4.74 Å². The van der Waals surface area contributed by atoms with Crippen LogP contribution in [0.2, 0.25) is 0 Å². The summed E-state index contributed by atoms with van der Waals surface area (Å²) in [6.45, 7) is 4.73. The van der Waals surface area contributed by atoms with Gasteiger partial charge in [0, 0.05) is 17.4 Å². The Kier molecular flexibility index (Phi) is 5.48. The number of hydrogen-bond donors (Lipinski definition) is 1. The zero-order valence-corrected chi connectivity index (χ0v) is 12.9. The lowest BCUT2D eigenvalue weighted by atomic mass is 10.0. The second-order valence-electron chi connectivity index (χ2n) is 4.85. The molecule has 106 valence electrons. The third kappa shape index (κ3) is 3.76. The fourth-order valence-electron chi connectivity index (χ4n) is 2.15. The molecule has 0 radical (unpaired) electrons. The Morgan fingerprint density at radius 3 is 2.55 bits per heavy atom. The van der Waals surface area contributed by atoms with Crippen LogP contribution in [0.25, 0.3) is 0 Å². The van der Waals surface area contributed by atoms with Crippen molar-refractivity contribution in [1.29, 1.82) is 0 Å². The first-order valence-corrected chi connectivity index (χ1v) is 7.63. The van der Waals surface area contributed by atoms with Crippen LogP contribution in [-0.4, -0.2) is 17.3 Å². The monoisotopic (exact) mass is 287 g/mol. The molecular weight excluding hydrogens is 266 g/mol. The highest BCUT2D eigenvalue weighted by atomic mass is 32.1. The molecule has 0 aliphatic rings. The van der Waals surface area contributed by atoms with Gasteiger partial charge >= 0.3 is 0 Å². The summed E-state index contributed by atoms with van der Waals surface area (Å²) in [5, 5.41) is 0. The van der Waals surface area contributed by atoms with Gasteiger partial charge in [0.1, 0.15) is 5.75 Å². The van der Waals surface area contributed by atoms with E-state index in [1.54, 1.807) is 0 Å². The van der Waals surface area contributed by atoms with Gasteiger partial charge in [-0.3, -0.25) is 4.98 Å². The minimum absolute atomic E-state index is 0.297. The molecule has 2 aromatic rings. The molecule has 0 spiro atoms. The van der Waals surface area contributed by atoms with Crippen LogP contribution in [-0.2, 0) is 6.42 Å². The molecule has 0 bridgehead atoms. The number of ether oxygens (including phenoxy) is 1. The van der Waals surface area contributed by atoms with Gasteiger partial charge in [-0.2, -0.15) is 12.6 Å². The molecule has 0 saturated heterocycles. The van der Waals surface area contributed by atoms with Crippen molar-refractivity contribution in [2.45, 2.75) is 26.2 Å². The number of thiol groups is 1. The third-order valence-electron chi connectivity index (χ3n) is 3.34. The minimum Gasteiger partial charge on any atom is -0.491 e. The SMILES string of the molecule is CCc1nc(C)ccc1OCC(CS)c1ccccc1. The summed E-state index contributed by atoms with van der Waals surface area (Å²) in [5.74, 6) is 1.96. The van der Waals surface area contributed by atoms with Crippen molar-refractivity contribution in [3.05, 3.63) is 59.4 Å². The maximum atomic E-state index is 5.98. The van der Waals surface area contributed by atoms with Crippen molar-refractivity contribution < 1.29 is 4.74 Å². The average Bonchev–Trinajstić information content (AvgIpc) is 2.50. The molecule has 1 atom stereocenters. The van der Waals surface area contributed by atoms with Gasteiger partial charge in [-0.1, -0.05) is 37.3 Å². The first kappa shape index (κ1) is 14.9. The summed E-state index contributed by atoms with van der Waals surface area (Å²) in [4.78, 5) is 4.52. The van der Waals surface area contributed by atoms with Crippen molar-refractivity contribution in [3.63, 3.8) is 0 Å². The van der Waals surface area contributed by atoms with Crippen LogP contribution >= 0.6 is 12.6 Å². The number of rotatable bonds is 6. The van der Waals surface area contributed by atoms with Crippen molar-refractivity contribution >= 4 is 12.6 Å². The summed E-state index contributed by atoms with van der Waals surface area (Å²) >= 11 is 4.44. The molecule has 3 heteroatoms. The molecule has 2 nitrogen and oxygen atoms in total. The largest absolute Gasteiger partial charge is 0.491 e. The van der Waals surface area contributed by atoms with Crippen LogP contribution < -0.4 is 4.74 Å². The molecule has 0 aliphatic heterocycles. The van der Waals surface area contributed by atoms with Crippen LogP contribution in [0.15, 0.2) is 42.5 Å². The van der Waals surface area contributed by atoms with Crippen molar-refractivity contribution in [1.82, 2.24) is 4.98 Å². The first-order valence-electron chi connectivity index (χ1n) is 6.99. The van der Waals surface area contributed by atoms with Crippen LogP contribution in [0.1, 0.15) is 29.8 Å². The number of hydrogen-bond acceptors (Lipinski definition) is 3. The molecule has 0 amide bonds. The minimum atomic E-state index is 0.297. The van der Waals surface area contributed by atoms with Crippen molar-refractivity contribution in [2.24, 2.45) is 0 Å². The van der Waals surface area contributed by atoms with E-state index in [1.807, 2.05) is 25.1 Å². The van der Waals surface area contributed by atoms with Crippen LogP contribution in [0, 0.1) is 6.92 Å². The fraction of sp³-hybridized carbons (Fsp3) is 0.353. The van der Waals surface area contributed by atoms with Crippen molar-refractivity contribution in [3.8, 4) is 5.75 Å². The number of nitrogens with zero attached hydrogens (tertiary/aromatic N) is 1. The maximum absolute atomic E-state index is 5.98. The lowest BCUT2D eigenvalue weighted by Gasteiger charge is -2.17. The molecule has 1 aromatic carbocycles. The predicted molar refractivity (Wildman–Crippen MR) is 86.9 cm³/mol. The van der Waals surface area contributed by atoms with E-state index in [0.29, 0.717) is 12.5 Å². The van der Waals surface area contributed by atoms with Gasteiger partial charge in [-0.15, -0.1) is 0 Å². The fourth-order valence-corrected chi connectivity index (χ4v) is 2.47. The molecule has 20 heavy (non-hydrogen) atoms. The summed E-state index contributed by atoms with van der Waals surface area (Å²) in [7, 11) is 0. The van der Waals surface area contributed by atoms with E-state index in [-0.39, 0.29) is 0 Å². The average molecular weight is 287 g/mol. The van der Waals surface area contributed by atoms with Gasteiger partial charge in [0.25, 0.3) is 0 Å². The smallest absolute Gasteiger partial charge is 0.140 e. The topological polar surface area (TPSA) is 22.1 Å². The Morgan fingerprint density at radius 2 is 1.90 bits per heavy atom. The molecule has 0 aliphatic carbocycles. The normalized spacial score (nSPS) is 12.2. The lowest BCUT2D eigenvalue weighted by molar-refractivity contribution is 0.293. The molecule has 1 heterocycles. The number of aromatic nitrogens is 1. The quantitative estimate of drug-likeness (QED) is 0.810. The van der Waals surface area contributed by atoms with Gasteiger partial charge < -0.3 is 4.74 Å². The number of pyridine rings is 1. The van der Waals surface area contributed by atoms with Gasteiger partial charge in [-0.25, -0.2) is 0 Å². The third-order valence-corrected chi connectivity index (χ3v) is 3.78. The Morgan fingerprint density at radius 1 is 1.15 bits per heavy atom. The van der Waals surface area contributed by atoms with E-state index >= 15 is 0 Å². The van der Waals surface area contributed by atoms with Gasteiger partial charge in [0.2, 0.25) is 0 Å². The zero-order chi connectivity index (χ0) is 14.4. The lowest BCUT2D eigenvalue weighted by Crippen LogP contribution is -2.13. The molecule has 2 rings (SSSR count). The molecule has 0 saturated carbocycles. The summed E-state index contributed by atoms with van der Waals surface area (Å²) < 4.78 is 5.98. The van der Waals surface area contributed by atoms with E-state index in [0.717, 1.165) is 29.3 Å². The first-order chi connectivity index (χ1) is 9.74. The molecule has 0 N–H and O–H groups in total.